The molecule has 1 N–H and O–H groups in total. The van der Waals surface area contributed by atoms with Crippen molar-refractivity contribution in [2.24, 2.45) is 0 Å². The van der Waals surface area contributed by atoms with Crippen molar-refractivity contribution < 1.29 is 22.4 Å². The molecule has 0 spiro atoms. The lowest BCUT2D eigenvalue weighted by molar-refractivity contribution is -0.140. The number of sulfonamides is 1. The third kappa shape index (κ3) is 7.19. The molecule has 1 atom stereocenters. The molecule has 3 aromatic carbocycles. The standard InChI is InChI=1S/C29H34FN3O4S/c1-4-18-31-29(35)27(5-2)32(20-23-11-9-10-22(3)19-23)28(34)21-33(25-12-7-6-8-13-25)38(36,37)26-16-14-24(30)15-17-26/h6-17,19,27H,4-5,18,20-21H2,1-3H3,(H,31,35)/t27-/m1/s1. The highest BCUT2D eigenvalue weighted by molar-refractivity contribution is 7.92. The molecule has 0 saturated carbocycles. The molecule has 0 heterocycles. The maximum absolute atomic E-state index is 13.9. The molecule has 0 unspecified atom stereocenters. The number of anilines is 1. The molecule has 0 aromatic heterocycles. The second-order valence-electron chi connectivity index (χ2n) is 9.03. The van der Waals surface area contributed by atoms with Crippen LogP contribution in [0.1, 0.15) is 37.8 Å². The molecule has 3 rings (SSSR count). The van der Waals surface area contributed by atoms with Crippen LogP contribution in [0.2, 0.25) is 0 Å². The second-order valence-corrected chi connectivity index (χ2v) is 10.9. The summed E-state index contributed by atoms with van der Waals surface area (Å²) in [7, 11) is -4.23. The summed E-state index contributed by atoms with van der Waals surface area (Å²) in [4.78, 5) is 28.3. The van der Waals surface area contributed by atoms with Crippen LogP contribution in [0.3, 0.4) is 0 Å². The summed E-state index contributed by atoms with van der Waals surface area (Å²) in [5.74, 6) is -1.39. The van der Waals surface area contributed by atoms with Crippen molar-refractivity contribution in [2.75, 3.05) is 17.4 Å². The molecule has 0 bridgehead atoms. The van der Waals surface area contributed by atoms with Gasteiger partial charge < -0.3 is 10.2 Å². The van der Waals surface area contributed by atoms with Gasteiger partial charge in [0.25, 0.3) is 10.0 Å². The first-order valence-corrected chi connectivity index (χ1v) is 14.1. The van der Waals surface area contributed by atoms with Gasteiger partial charge >= 0.3 is 0 Å². The maximum Gasteiger partial charge on any atom is 0.264 e. The van der Waals surface area contributed by atoms with Gasteiger partial charge in [0, 0.05) is 13.1 Å². The van der Waals surface area contributed by atoms with Crippen LogP contribution < -0.4 is 9.62 Å². The Balaban J connectivity index is 2.02. The molecule has 0 aliphatic rings. The Labute approximate surface area is 224 Å². The smallest absolute Gasteiger partial charge is 0.264 e. The lowest BCUT2D eigenvalue weighted by atomic mass is 10.1. The number of hydrogen-bond acceptors (Lipinski definition) is 4. The van der Waals surface area contributed by atoms with Crippen LogP contribution in [0.4, 0.5) is 10.1 Å². The van der Waals surface area contributed by atoms with Crippen LogP contribution in [0.15, 0.2) is 83.8 Å². The predicted molar refractivity (Wildman–Crippen MR) is 146 cm³/mol. The number of nitrogens with zero attached hydrogens (tertiary/aromatic N) is 2. The number of rotatable bonds is 12. The SMILES string of the molecule is CCCNC(=O)[C@@H](CC)N(Cc1cccc(C)c1)C(=O)CN(c1ccccc1)S(=O)(=O)c1ccc(F)cc1. The molecule has 0 radical (unpaired) electrons. The zero-order valence-electron chi connectivity index (χ0n) is 21.9. The highest BCUT2D eigenvalue weighted by Crippen LogP contribution is 2.25. The minimum absolute atomic E-state index is 0.137. The van der Waals surface area contributed by atoms with Crippen molar-refractivity contribution >= 4 is 27.5 Å². The number of carbonyl (C=O) groups excluding carboxylic acids is 2. The molecule has 0 aliphatic carbocycles. The van der Waals surface area contributed by atoms with Crippen LogP contribution in [-0.4, -0.2) is 44.3 Å². The van der Waals surface area contributed by atoms with Crippen LogP contribution >= 0.6 is 0 Å². The summed E-state index contributed by atoms with van der Waals surface area (Å²) in [6, 6.07) is 19.5. The summed E-state index contributed by atoms with van der Waals surface area (Å²) in [5, 5.41) is 2.86. The molecule has 0 saturated heterocycles. The summed E-state index contributed by atoms with van der Waals surface area (Å²) in [6.45, 7) is 5.76. The molecule has 9 heteroatoms. The van der Waals surface area contributed by atoms with Gasteiger partial charge in [-0.2, -0.15) is 0 Å². The highest BCUT2D eigenvalue weighted by Gasteiger charge is 2.33. The summed E-state index contributed by atoms with van der Waals surface area (Å²) < 4.78 is 41.9. The fourth-order valence-corrected chi connectivity index (χ4v) is 5.56. The fourth-order valence-electron chi connectivity index (χ4n) is 4.15. The van der Waals surface area contributed by atoms with Crippen molar-refractivity contribution in [1.82, 2.24) is 10.2 Å². The predicted octanol–water partition coefficient (Wildman–Crippen LogP) is 4.66. The van der Waals surface area contributed by atoms with E-state index in [1.165, 1.54) is 17.0 Å². The third-order valence-corrected chi connectivity index (χ3v) is 7.88. The largest absolute Gasteiger partial charge is 0.354 e. The van der Waals surface area contributed by atoms with E-state index in [9.17, 15) is 22.4 Å². The Morgan fingerprint density at radius 2 is 1.63 bits per heavy atom. The zero-order chi connectivity index (χ0) is 27.7. The van der Waals surface area contributed by atoms with Crippen molar-refractivity contribution in [3.63, 3.8) is 0 Å². The Bertz CT molecular complexity index is 1330. The molecular formula is C29H34FN3O4S. The van der Waals surface area contributed by atoms with E-state index in [-0.39, 0.29) is 23.0 Å². The second kappa shape index (κ2) is 13.2. The van der Waals surface area contributed by atoms with Gasteiger partial charge in [-0.1, -0.05) is 61.9 Å². The van der Waals surface area contributed by atoms with E-state index in [0.717, 1.165) is 34.0 Å². The number of aryl methyl sites for hydroxylation is 1. The first kappa shape index (κ1) is 28.8. The van der Waals surface area contributed by atoms with Crippen LogP contribution in [0.25, 0.3) is 0 Å². The van der Waals surface area contributed by atoms with E-state index in [1.807, 2.05) is 45.0 Å². The van der Waals surface area contributed by atoms with Crippen molar-refractivity contribution in [1.29, 1.82) is 0 Å². The van der Waals surface area contributed by atoms with Crippen molar-refractivity contribution in [3.8, 4) is 0 Å². The van der Waals surface area contributed by atoms with Gasteiger partial charge in [0.1, 0.15) is 18.4 Å². The molecule has 38 heavy (non-hydrogen) atoms. The van der Waals surface area contributed by atoms with Gasteiger partial charge in [0.15, 0.2) is 0 Å². The minimum atomic E-state index is -4.23. The van der Waals surface area contributed by atoms with E-state index in [2.05, 4.69) is 5.32 Å². The average Bonchev–Trinajstić information content (AvgIpc) is 2.91. The average molecular weight is 540 g/mol. The number of para-hydroxylation sites is 1. The number of benzene rings is 3. The lowest BCUT2D eigenvalue weighted by Crippen LogP contribution is -2.52. The van der Waals surface area contributed by atoms with E-state index < -0.39 is 34.3 Å². The number of amides is 2. The number of halogens is 1. The Kier molecular flexibility index (Phi) is 10.0. The molecule has 0 aliphatic heterocycles. The normalized spacial score (nSPS) is 12.0. The van der Waals surface area contributed by atoms with Gasteiger partial charge in [-0.15, -0.1) is 0 Å². The third-order valence-electron chi connectivity index (χ3n) is 6.10. The summed E-state index contributed by atoms with van der Waals surface area (Å²) in [5.41, 5.74) is 2.11. The number of carbonyl (C=O) groups is 2. The monoisotopic (exact) mass is 539 g/mol. The van der Waals surface area contributed by atoms with Gasteiger partial charge in [-0.25, -0.2) is 12.8 Å². The quantitative estimate of drug-likeness (QED) is 0.363. The first-order valence-electron chi connectivity index (χ1n) is 12.6. The van der Waals surface area contributed by atoms with E-state index in [1.54, 1.807) is 30.3 Å². The van der Waals surface area contributed by atoms with Crippen LogP contribution in [0.5, 0.6) is 0 Å². The van der Waals surface area contributed by atoms with E-state index in [0.29, 0.717) is 13.0 Å². The Morgan fingerprint density at radius 3 is 2.24 bits per heavy atom. The fraction of sp³-hybridized carbons (Fsp3) is 0.310. The first-order chi connectivity index (χ1) is 18.2. The Morgan fingerprint density at radius 1 is 0.947 bits per heavy atom. The van der Waals surface area contributed by atoms with E-state index >= 15 is 0 Å². The number of nitrogens with one attached hydrogen (secondary N) is 1. The van der Waals surface area contributed by atoms with Crippen LogP contribution in [-0.2, 0) is 26.2 Å². The lowest BCUT2D eigenvalue weighted by Gasteiger charge is -2.33. The van der Waals surface area contributed by atoms with Gasteiger partial charge in [-0.3, -0.25) is 13.9 Å². The zero-order valence-corrected chi connectivity index (χ0v) is 22.7. The van der Waals surface area contributed by atoms with Crippen molar-refractivity contribution in [2.45, 2.75) is 51.1 Å². The molecule has 3 aromatic rings. The molecule has 202 valence electrons. The van der Waals surface area contributed by atoms with Gasteiger partial charge in [0.2, 0.25) is 11.8 Å². The Hall–Kier alpha value is -3.72. The number of hydrogen-bond donors (Lipinski definition) is 1. The maximum atomic E-state index is 13.9. The minimum Gasteiger partial charge on any atom is -0.354 e. The molecular weight excluding hydrogens is 505 g/mol. The molecule has 2 amide bonds. The highest BCUT2D eigenvalue weighted by atomic mass is 32.2. The molecule has 7 nitrogen and oxygen atoms in total. The van der Waals surface area contributed by atoms with Gasteiger partial charge in [-0.05, 0) is 61.7 Å². The van der Waals surface area contributed by atoms with E-state index in [4.69, 9.17) is 0 Å². The van der Waals surface area contributed by atoms with Gasteiger partial charge in [0.05, 0.1) is 10.6 Å². The topological polar surface area (TPSA) is 86.8 Å². The van der Waals surface area contributed by atoms with Crippen LogP contribution in [0, 0.1) is 12.7 Å². The van der Waals surface area contributed by atoms with Crippen molar-refractivity contribution in [3.05, 3.63) is 95.8 Å². The summed E-state index contributed by atoms with van der Waals surface area (Å²) >= 11 is 0. The molecule has 0 fully saturated rings. The summed E-state index contributed by atoms with van der Waals surface area (Å²) in [6.07, 6.45) is 1.09.